The fourth-order valence-corrected chi connectivity index (χ4v) is 6.54. The summed E-state index contributed by atoms with van der Waals surface area (Å²) in [6.45, 7) is 5.62. The van der Waals surface area contributed by atoms with E-state index in [0.29, 0.717) is 27.7 Å². The third kappa shape index (κ3) is 4.24. The molecule has 0 saturated carbocycles. The summed E-state index contributed by atoms with van der Waals surface area (Å²) in [4.78, 5) is 20.3. The first-order valence-electron chi connectivity index (χ1n) is 11.0. The van der Waals surface area contributed by atoms with Crippen LogP contribution in [0.4, 0.5) is 0 Å². The number of aryl methyl sites for hydroxylation is 3. The molecule has 0 spiro atoms. The molecule has 5 rings (SSSR count). The zero-order valence-corrected chi connectivity index (χ0v) is 21.1. The number of aromatic amines is 1. The summed E-state index contributed by atoms with van der Waals surface area (Å²) in [5.41, 5.74) is 5.00. The van der Waals surface area contributed by atoms with Crippen molar-refractivity contribution < 1.29 is 8.42 Å². The Hall–Kier alpha value is -3.47. The first-order chi connectivity index (χ1) is 16.8. The van der Waals surface area contributed by atoms with Crippen molar-refractivity contribution in [3.05, 3.63) is 93.0 Å². The third-order valence-electron chi connectivity index (χ3n) is 6.23. The number of sulfonamides is 1. The van der Waals surface area contributed by atoms with E-state index in [1.807, 2.05) is 32.0 Å². The molecule has 0 saturated heterocycles. The maximum Gasteiger partial charge on any atom is 0.252 e. The smallest absolute Gasteiger partial charge is 0.252 e. The summed E-state index contributed by atoms with van der Waals surface area (Å²) in [7, 11) is -4.05. The molecule has 0 aliphatic rings. The predicted octanol–water partition coefficient (Wildman–Crippen LogP) is 4.24. The lowest BCUT2D eigenvalue weighted by Gasteiger charge is -2.23. The molecule has 3 heterocycles. The van der Waals surface area contributed by atoms with Gasteiger partial charge < -0.3 is 4.98 Å². The fourth-order valence-electron chi connectivity index (χ4n) is 4.18. The molecule has 0 radical (unpaired) electrons. The van der Waals surface area contributed by atoms with Gasteiger partial charge in [-0.1, -0.05) is 24.3 Å². The van der Waals surface area contributed by atoms with Crippen LogP contribution in [0.3, 0.4) is 0 Å². The highest BCUT2D eigenvalue weighted by Crippen LogP contribution is 2.30. The van der Waals surface area contributed by atoms with Crippen LogP contribution in [0.5, 0.6) is 0 Å². The minimum absolute atomic E-state index is 0.0496. The van der Waals surface area contributed by atoms with E-state index in [0.717, 1.165) is 33.8 Å². The number of aromatic nitrogens is 4. The molecule has 1 N–H and O–H groups in total. The van der Waals surface area contributed by atoms with E-state index < -0.39 is 10.0 Å². The largest absolute Gasteiger partial charge is 0.321 e. The molecule has 0 bridgehead atoms. The molecule has 2 aromatic carbocycles. The number of benzene rings is 2. The van der Waals surface area contributed by atoms with Crippen LogP contribution in [0.25, 0.3) is 21.9 Å². The Morgan fingerprint density at radius 3 is 2.57 bits per heavy atom. The van der Waals surface area contributed by atoms with Gasteiger partial charge in [-0.15, -0.1) is 0 Å². The molecule has 3 aromatic heterocycles. The molecular formula is C25H23N5O3S2. The molecule has 0 amide bonds. The van der Waals surface area contributed by atoms with Gasteiger partial charge in [-0.2, -0.15) is 13.1 Å². The molecule has 0 unspecified atom stereocenters. The Labute approximate surface area is 206 Å². The topological polar surface area (TPSA) is 109 Å². The number of nitrogens with one attached hydrogen (secondary N) is 1. The van der Waals surface area contributed by atoms with Crippen molar-refractivity contribution in [2.24, 2.45) is 0 Å². The molecule has 0 aliphatic carbocycles. The summed E-state index contributed by atoms with van der Waals surface area (Å²) in [5, 5.41) is 0.850. The van der Waals surface area contributed by atoms with E-state index in [9.17, 15) is 13.2 Å². The molecule has 35 heavy (non-hydrogen) atoms. The molecule has 10 heteroatoms. The van der Waals surface area contributed by atoms with Gasteiger partial charge in [0.2, 0.25) is 10.0 Å². The molecule has 5 aromatic rings. The van der Waals surface area contributed by atoms with E-state index in [-0.39, 0.29) is 23.5 Å². The minimum Gasteiger partial charge on any atom is -0.321 e. The number of H-pyrrole nitrogens is 1. The molecular weight excluding hydrogens is 482 g/mol. The Kier molecular flexibility index (Phi) is 5.96. The van der Waals surface area contributed by atoms with Gasteiger partial charge in [-0.25, -0.2) is 8.42 Å². The molecule has 0 fully saturated rings. The van der Waals surface area contributed by atoms with E-state index >= 15 is 0 Å². The maximum atomic E-state index is 14.1. The van der Waals surface area contributed by atoms with Crippen LogP contribution >= 0.6 is 11.7 Å². The lowest BCUT2D eigenvalue weighted by Crippen LogP contribution is -2.33. The third-order valence-corrected chi connectivity index (χ3v) is 8.74. The normalized spacial score (nSPS) is 12.1. The Balaban J connectivity index is 1.65. The average molecular weight is 506 g/mol. The first-order valence-corrected chi connectivity index (χ1v) is 13.2. The van der Waals surface area contributed by atoms with Crippen molar-refractivity contribution in [1.29, 1.82) is 0 Å². The Morgan fingerprint density at radius 1 is 1.00 bits per heavy atom. The van der Waals surface area contributed by atoms with E-state index in [1.165, 1.54) is 4.31 Å². The van der Waals surface area contributed by atoms with Crippen molar-refractivity contribution in [3.63, 3.8) is 0 Å². The molecule has 0 atom stereocenters. The second kappa shape index (κ2) is 8.95. The summed E-state index contributed by atoms with van der Waals surface area (Å²) in [5.74, 6) is 0. The van der Waals surface area contributed by atoms with Crippen LogP contribution < -0.4 is 5.56 Å². The number of hydrogen-bond donors (Lipinski definition) is 1. The quantitative estimate of drug-likeness (QED) is 0.370. The maximum absolute atomic E-state index is 14.1. The van der Waals surface area contributed by atoms with Crippen LogP contribution in [-0.4, -0.2) is 31.4 Å². The molecule has 0 aliphatic heterocycles. The second-order valence-corrected chi connectivity index (χ2v) is 11.0. The zero-order chi connectivity index (χ0) is 24.7. The van der Waals surface area contributed by atoms with Crippen LogP contribution in [0.1, 0.15) is 27.8 Å². The van der Waals surface area contributed by atoms with E-state index in [4.69, 9.17) is 0 Å². The van der Waals surface area contributed by atoms with E-state index in [2.05, 4.69) is 18.7 Å². The van der Waals surface area contributed by atoms with E-state index in [1.54, 1.807) is 43.6 Å². The Bertz CT molecular complexity index is 1730. The highest BCUT2D eigenvalue weighted by molar-refractivity contribution is 7.89. The standard InChI is InChI=1S/C25H23N5O3S2/c1-15-6-8-19-11-20(25(31)27-22(19)17(15)3)14-30(13-18-5-4-10-26-12-18)35(32,33)24-16(2)7-9-21-23(24)29-34-28-21/h4-12H,13-14H2,1-3H3,(H,27,31). The van der Waals surface area contributed by atoms with Crippen LogP contribution in [-0.2, 0) is 23.1 Å². The number of rotatable bonds is 6. The monoisotopic (exact) mass is 505 g/mol. The van der Waals surface area contributed by atoms with Gasteiger partial charge >= 0.3 is 0 Å². The number of pyridine rings is 2. The lowest BCUT2D eigenvalue weighted by molar-refractivity contribution is 0.399. The SMILES string of the molecule is Cc1ccc2nsnc2c1S(=O)(=O)N(Cc1cccnc1)Cc1cc2ccc(C)c(C)c2[nH]c1=O. The lowest BCUT2D eigenvalue weighted by atomic mass is 10.0. The van der Waals surface area contributed by atoms with Gasteiger partial charge in [0, 0.05) is 31.0 Å². The number of nitrogens with zero attached hydrogens (tertiary/aromatic N) is 4. The zero-order valence-electron chi connectivity index (χ0n) is 19.4. The highest BCUT2D eigenvalue weighted by atomic mass is 32.2. The molecule has 8 nitrogen and oxygen atoms in total. The highest BCUT2D eigenvalue weighted by Gasteiger charge is 2.30. The average Bonchev–Trinajstić information content (AvgIpc) is 3.31. The van der Waals surface area contributed by atoms with Crippen molar-refractivity contribution in [1.82, 2.24) is 23.0 Å². The number of hydrogen-bond acceptors (Lipinski definition) is 7. The van der Waals surface area contributed by atoms with Crippen LogP contribution in [0, 0.1) is 20.8 Å². The number of fused-ring (bicyclic) bond motifs is 2. The summed E-state index contributed by atoms with van der Waals surface area (Å²) < 4.78 is 37.9. The van der Waals surface area contributed by atoms with Crippen molar-refractivity contribution in [2.75, 3.05) is 0 Å². The Morgan fingerprint density at radius 2 is 1.80 bits per heavy atom. The van der Waals surface area contributed by atoms with Crippen molar-refractivity contribution in [3.8, 4) is 0 Å². The predicted molar refractivity (Wildman–Crippen MR) is 137 cm³/mol. The van der Waals surface area contributed by atoms with Gasteiger partial charge in [0.05, 0.1) is 17.2 Å². The fraction of sp³-hybridized carbons (Fsp3) is 0.200. The van der Waals surface area contributed by atoms with Gasteiger partial charge in [-0.05, 0) is 66.6 Å². The summed E-state index contributed by atoms with van der Waals surface area (Å²) in [6, 6.07) is 12.7. The van der Waals surface area contributed by atoms with Gasteiger partial charge in [-0.3, -0.25) is 9.78 Å². The van der Waals surface area contributed by atoms with Crippen LogP contribution in [0.15, 0.2) is 64.5 Å². The first kappa shape index (κ1) is 23.3. The summed E-state index contributed by atoms with van der Waals surface area (Å²) >= 11 is 0.970. The summed E-state index contributed by atoms with van der Waals surface area (Å²) in [6.07, 6.45) is 3.25. The van der Waals surface area contributed by atoms with Crippen LogP contribution in [0.2, 0.25) is 0 Å². The second-order valence-electron chi connectivity index (χ2n) is 8.57. The molecule has 178 valence electrons. The minimum atomic E-state index is -4.05. The van der Waals surface area contributed by atoms with Gasteiger partial charge in [0.25, 0.3) is 5.56 Å². The van der Waals surface area contributed by atoms with Crippen molar-refractivity contribution >= 4 is 43.7 Å². The van der Waals surface area contributed by atoms with Crippen molar-refractivity contribution in [2.45, 2.75) is 38.8 Å². The van der Waals surface area contributed by atoms with Gasteiger partial charge in [0.1, 0.15) is 15.9 Å². The van der Waals surface area contributed by atoms with Gasteiger partial charge in [0.15, 0.2) is 0 Å².